The molecule has 652 valence electrons. The van der Waals surface area contributed by atoms with Crippen molar-refractivity contribution in [2.45, 2.75) is 164 Å². The molecular formula is C132H104N4. The maximum atomic E-state index is 5.78. The van der Waals surface area contributed by atoms with E-state index in [1.165, 1.54) is 304 Å². The highest BCUT2D eigenvalue weighted by molar-refractivity contribution is 6.26. The summed E-state index contributed by atoms with van der Waals surface area (Å²) in [6, 6.07) is 130. The number of nitrogens with zero attached hydrogens (tertiary/aromatic N) is 4. The first-order valence-corrected chi connectivity index (χ1v) is 50.3. The topological polar surface area (TPSA) is 51.6 Å². The Morgan fingerprint density at radius 3 is 1.16 bits per heavy atom. The Hall–Kier alpha value is -14.6. The van der Waals surface area contributed by atoms with Gasteiger partial charge in [-0.3, -0.25) is 0 Å². The van der Waals surface area contributed by atoms with E-state index < -0.39 is 0 Å². The molecule has 0 amide bonds. The molecule has 4 heterocycles. The van der Waals surface area contributed by atoms with Gasteiger partial charge in [-0.25, -0.2) is 19.9 Å². The third-order valence-electron chi connectivity index (χ3n) is 34.4. The second-order valence-corrected chi connectivity index (χ2v) is 41.2. The first-order valence-electron chi connectivity index (χ1n) is 50.3. The first kappa shape index (κ1) is 79.9. The normalized spacial score (nSPS) is 19.4. The predicted octanol–water partition coefficient (Wildman–Crippen LogP) is 35.0. The van der Waals surface area contributed by atoms with Gasteiger partial charge in [0, 0.05) is 60.1 Å². The molecule has 32 rings (SSSR count). The fraction of sp³-hybridized carbons (Fsp3) is 0.197. The number of fused-ring (bicyclic) bond motifs is 42. The molecule has 0 N–H and O–H groups in total. The van der Waals surface area contributed by atoms with Crippen molar-refractivity contribution < 1.29 is 0 Å². The van der Waals surface area contributed by atoms with Crippen LogP contribution in [0.25, 0.3) is 176 Å². The van der Waals surface area contributed by atoms with Crippen LogP contribution in [0.3, 0.4) is 0 Å². The van der Waals surface area contributed by atoms with Crippen molar-refractivity contribution in [3.63, 3.8) is 0 Å². The molecule has 4 heteroatoms. The summed E-state index contributed by atoms with van der Waals surface area (Å²) in [7, 11) is 0. The molecular weight excluding hydrogens is 1640 g/mol. The number of aromatic nitrogens is 4. The Bertz CT molecular complexity index is 8550. The Labute approximate surface area is 795 Å². The number of hydrogen-bond acceptors (Lipinski definition) is 4. The Kier molecular flexibility index (Phi) is 18.4. The summed E-state index contributed by atoms with van der Waals surface area (Å²) in [4.78, 5) is 21.9. The molecule has 4 fully saturated rings. The second kappa shape index (κ2) is 31.3. The molecule has 17 aromatic carbocycles. The lowest BCUT2D eigenvalue weighted by Crippen LogP contribution is -2.25. The Balaban J connectivity index is 0.0000000934. The van der Waals surface area contributed by atoms with Gasteiger partial charge in [0.15, 0.2) is 0 Å². The highest BCUT2D eigenvalue weighted by Crippen LogP contribution is 2.67. The van der Waals surface area contributed by atoms with E-state index >= 15 is 0 Å². The summed E-state index contributed by atoms with van der Waals surface area (Å²) in [6.07, 6.45) is 17.0. The number of aryl methyl sites for hydroxylation is 4. The van der Waals surface area contributed by atoms with Gasteiger partial charge in [-0.1, -0.05) is 315 Å². The van der Waals surface area contributed by atoms with Crippen molar-refractivity contribution in [2.75, 3.05) is 0 Å². The molecule has 4 saturated carbocycles. The van der Waals surface area contributed by atoms with E-state index in [1.807, 2.05) is 0 Å². The molecule has 11 aliphatic carbocycles. The molecule has 0 aliphatic heterocycles. The van der Waals surface area contributed by atoms with Gasteiger partial charge in [0.2, 0.25) is 0 Å². The lowest BCUT2D eigenvalue weighted by Gasteiger charge is -2.40. The van der Waals surface area contributed by atoms with Crippen molar-refractivity contribution in [1.29, 1.82) is 0 Å². The first-order chi connectivity index (χ1) is 67.1. The monoisotopic (exact) mass is 1740 g/mol. The zero-order chi connectivity index (χ0) is 89.9. The van der Waals surface area contributed by atoms with Crippen molar-refractivity contribution >= 4 is 86.7 Å². The van der Waals surface area contributed by atoms with Gasteiger partial charge in [0.25, 0.3) is 0 Å². The van der Waals surface area contributed by atoms with E-state index in [1.54, 1.807) is 33.4 Å². The third kappa shape index (κ3) is 12.0. The number of pyridine rings is 4. The smallest absolute Gasteiger partial charge is 0.0797 e. The molecule has 4 nitrogen and oxygen atoms in total. The van der Waals surface area contributed by atoms with Crippen LogP contribution in [0.5, 0.6) is 0 Å². The lowest BCUT2D eigenvalue weighted by molar-refractivity contribution is 0.361. The fourth-order valence-corrected chi connectivity index (χ4v) is 28.3. The number of hydrogen-bond donors (Lipinski definition) is 0. The molecule has 6 atom stereocenters. The molecule has 11 aliphatic rings. The highest BCUT2D eigenvalue weighted by atomic mass is 14.8. The quantitative estimate of drug-likeness (QED) is 0.123. The highest BCUT2D eigenvalue weighted by Gasteiger charge is 2.53. The zero-order valence-corrected chi connectivity index (χ0v) is 77.6. The van der Waals surface area contributed by atoms with Crippen LogP contribution < -0.4 is 0 Å². The average Bonchev–Trinajstić information content (AvgIpc) is 1.50. The second-order valence-electron chi connectivity index (χ2n) is 41.2. The molecule has 1 spiro atoms. The molecule has 21 aromatic rings. The van der Waals surface area contributed by atoms with E-state index in [0.717, 1.165) is 17.0 Å². The fourth-order valence-electron chi connectivity index (χ4n) is 28.3. The minimum absolute atomic E-state index is 0.356. The van der Waals surface area contributed by atoms with Crippen LogP contribution >= 0.6 is 0 Å². The maximum absolute atomic E-state index is 5.78. The van der Waals surface area contributed by atoms with Crippen LogP contribution in [0.1, 0.15) is 220 Å². The minimum atomic E-state index is -0.356. The molecule has 0 saturated heterocycles. The van der Waals surface area contributed by atoms with Crippen LogP contribution in [0.4, 0.5) is 0 Å². The van der Waals surface area contributed by atoms with Crippen molar-refractivity contribution in [2.24, 2.45) is 0 Å². The summed E-state index contributed by atoms with van der Waals surface area (Å²) in [6.45, 7) is 8.85. The van der Waals surface area contributed by atoms with E-state index in [2.05, 4.69) is 380 Å². The molecule has 0 radical (unpaired) electrons. The van der Waals surface area contributed by atoms with Gasteiger partial charge >= 0.3 is 0 Å². The van der Waals surface area contributed by atoms with Crippen LogP contribution in [0, 0.1) is 27.7 Å². The summed E-state index contributed by atoms with van der Waals surface area (Å²) in [5.41, 5.74) is 48.3. The number of rotatable bonds is 6. The number of benzene rings is 17. The Morgan fingerprint density at radius 2 is 0.581 bits per heavy atom. The molecule has 136 heavy (non-hydrogen) atoms. The summed E-state index contributed by atoms with van der Waals surface area (Å²) >= 11 is 0. The van der Waals surface area contributed by atoms with Gasteiger partial charge in [-0.15, -0.1) is 0 Å². The third-order valence-corrected chi connectivity index (χ3v) is 34.4. The summed E-state index contributed by atoms with van der Waals surface area (Å²) < 4.78 is 0. The van der Waals surface area contributed by atoms with Crippen LogP contribution in [-0.4, -0.2) is 19.9 Å². The van der Waals surface area contributed by atoms with Crippen LogP contribution in [0.2, 0.25) is 0 Å². The van der Waals surface area contributed by atoms with Gasteiger partial charge < -0.3 is 0 Å². The van der Waals surface area contributed by atoms with Crippen molar-refractivity contribution in [3.05, 3.63) is 441 Å². The largest absolute Gasteiger partial charge is 0.247 e. The summed E-state index contributed by atoms with van der Waals surface area (Å²) in [5.74, 6) is 5.30. The van der Waals surface area contributed by atoms with Crippen LogP contribution in [-0.2, 0) is 5.41 Å². The maximum Gasteiger partial charge on any atom is 0.0797 e. The van der Waals surface area contributed by atoms with E-state index in [0.29, 0.717) is 41.4 Å². The predicted molar refractivity (Wildman–Crippen MR) is 567 cm³/mol. The lowest BCUT2D eigenvalue weighted by atomic mass is 9.65. The van der Waals surface area contributed by atoms with Gasteiger partial charge in [0.1, 0.15) is 0 Å². The van der Waals surface area contributed by atoms with E-state index in [4.69, 9.17) is 19.9 Å². The van der Waals surface area contributed by atoms with Crippen molar-refractivity contribution in [1.82, 2.24) is 19.9 Å². The minimum Gasteiger partial charge on any atom is -0.247 e. The molecule has 6 unspecified atom stereocenters. The standard InChI is InChI=1S/C49H33N.C30H23N.C28H21N.C25H27N/c1-2-12-29(13-3-1)39-28-40-45-30-22-23-31(26-30)46(45)47(50-48(40)38-18-5-4-14-33(38)39)32-24-25-37-36-17-8-11-21-43(36)49(44(37)27-32)41-19-9-6-15-34(41)35-16-7-10-20-42(35)49;1-3-9-19(10-4-1)27-24-14-8-7-13-21(24)18-25-26-22-15-16-23(17-22)28(26)29(31-30(25)27)20-11-5-2-6-12-20;1-2-8-17(9-3-1)27-25-19-15-14-18(16-19)24(25)26-22-12-6-4-10-20(22)21-11-5-7-13-23(21)28(26)29-27;1-14-5-6-20(11-15(14)2)25-24-19-9-7-18(8-10-19)23(24)21-12-16(3)17(4)13-22(21)26-25/h1-21,24-25,27-28,30-31H,22-23,26H2;1-14,18,22-23H,15-17H2;1-13,18-19H,14-16H2;5-6,11-13,18-19H,7-10H2,1-4H3. The van der Waals surface area contributed by atoms with E-state index in [-0.39, 0.29) is 5.41 Å². The van der Waals surface area contributed by atoms with Gasteiger partial charge in [-0.2, -0.15) is 0 Å². The Morgan fingerprint density at radius 1 is 0.206 bits per heavy atom. The molecule has 8 bridgehead atoms. The van der Waals surface area contributed by atoms with E-state index in [9.17, 15) is 0 Å². The summed E-state index contributed by atoms with van der Waals surface area (Å²) in [5, 5.41) is 16.0. The average molecular weight is 1750 g/mol. The van der Waals surface area contributed by atoms with Crippen molar-refractivity contribution in [3.8, 4) is 89.5 Å². The zero-order valence-electron chi connectivity index (χ0n) is 77.6. The van der Waals surface area contributed by atoms with Crippen LogP contribution in [0.15, 0.2) is 352 Å². The van der Waals surface area contributed by atoms with Gasteiger partial charge in [-0.05, 0) is 355 Å². The molecule has 4 aromatic heterocycles. The van der Waals surface area contributed by atoms with Gasteiger partial charge in [0.05, 0.1) is 50.3 Å². The SMILES string of the molecule is Cc1ccc(-c2nc3cc(C)c(C)cc3c3c2C2CCC3CC2)cc1C.c1ccc(-c2cc3c4c(c(-c5ccc6c(c5)C5(c7ccccc7-c7ccccc75)c5ccccc5-6)nc3c3ccccc23)C2CCC4C2)cc1.c1ccc(-c2nc3c(-c4ccccc4)c4ccccc4cc3c3c2C2CCC3C2)cc1.c1ccc(-c2nc3c4ccccc4c4ccccc4c3c3c2C2CCC3C2)cc1.